The van der Waals surface area contributed by atoms with E-state index in [2.05, 4.69) is 33.6 Å². The number of aromatic nitrogens is 2. The molecule has 3 heterocycles. The molecule has 6 nitrogen and oxygen atoms in total. The van der Waals surface area contributed by atoms with E-state index in [4.69, 9.17) is 4.74 Å². The van der Waals surface area contributed by atoms with Crippen LogP contribution in [0.4, 0.5) is 5.95 Å². The molecule has 1 aromatic heterocycles. The quantitative estimate of drug-likeness (QED) is 0.901. The lowest BCUT2D eigenvalue weighted by Gasteiger charge is -2.52. The first-order chi connectivity index (χ1) is 11.3. The summed E-state index contributed by atoms with van der Waals surface area (Å²) in [4.78, 5) is 13.7. The molecule has 6 heteroatoms. The van der Waals surface area contributed by atoms with E-state index in [1.54, 1.807) is 0 Å². The minimum atomic E-state index is -0.695. The lowest BCUT2D eigenvalue weighted by molar-refractivity contribution is -0.111. The lowest BCUT2D eigenvalue weighted by atomic mass is 9.69. The number of rotatable bonds is 3. The number of morpholine rings is 1. The van der Waals surface area contributed by atoms with Crippen LogP contribution in [0.15, 0.2) is 6.07 Å². The van der Waals surface area contributed by atoms with Gasteiger partial charge in [0.1, 0.15) is 0 Å². The standard InChI is InChI=1S/C18H30N4O2/c1-14-11-15(2)20-16(19-14)22-6-5-18(23,17(3,4)12-22)13-21-7-9-24-10-8-21/h11,23H,5-10,12-13H2,1-4H3. The highest BCUT2D eigenvalue weighted by Gasteiger charge is 2.49. The van der Waals surface area contributed by atoms with Crippen molar-refractivity contribution < 1.29 is 9.84 Å². The van der Waals surface area contributed by atoms with Gasteiger partial charge in [-0.15, -0.1) is 0 Å². The number of hydrogen-bond acceptors (Lipinski definition) is 6. The molecule has 2 fully saturated rings. The third-order valence-corrected chi connectivity index (χ3v) is 5.48. The zero-order valence-corrected chi connectivity index (χ0v) is 15.4. The Kier molecular flexibility index (Phi) is 4.82. The zero-order chi connectivity index (χ0) is 17.4. The summed E-state index contributed by atoms with van der Waals surface area (Å²) in [5.74, 6) is 0.786. The van der Waals surface area contributed by atoms with E-state index in [0.29, 0.717) is 6.54 Å². The van der Waals surface area contributed by atoms with Crippen molar-refractivity contribution in [3.05, 3.63) is 17.5 Å². The molecule has 0 amide bonds. The Morgan fingerprint density at radius 2 is 1.75 bits per heavy atom. The summed E-state index contributed by atoms with van der Waals surface area (Å²) >= 11 is 0. The zero-order valence-electron chi connectivity index (χ0n) is 15.4. The maximum atomic E-state index is 11.4. The van der Waals surface area contributed by atoms with Crippen molar-refractivity contribution in [2.24, 2.45) is 5.41 Å². The van der Waals surface area contributed by atoms with Crippen LogP contribution in [-0.4, -0.2) is 71.5 Å². The maximum absolute atomic E-state index is 11.4. The van der Waals surface area contributed by atoms with Crippen LogP contribution in [0.3, 0.4) is 0 Å². The summed E-state index contributed by atoms with van der Waals surface area (Å²) in [7, 11) is 0. The van der Waals surface area contributed by atoms with Gasteiger partial charge in [0.25, 0.3) is 0 Å². The first kappa shape index (κ1) is 17.6. The predicted octanol–water partition coefficient (Wildman–Crippen LogP) is 1.39. The van der Waals surface area contributed by atoms with Crippen molar-refractivity contribution >= 4 is 5.95 Å². The van der Waals surface area contributed by atoms with Gasteiger partial charge in [-0.25, -0.2) is 9.97 Å². The third-order valence-electron chi connectivity index (χ3n) is 5.48. The van der Waals surface area contributed by atoms with Gasteiger partial charge in [-0.05, 0) is 26.3 Å². The Morgan fingerprint density at radius 3 is 2.33 bits per heavy atom. The molecule has 2 aliphatic rings. The Labute approximate surface area is 144 Å². The van der Waals surface area contributed by atoms with Crippen LogP contribution < -0.4 is 4.90 Å². The average molecular weight is 334 g/mol. The fourth-order valence-corrected chi connectivity index (χ4v) is 3.80. The van der Waals surface area contributed by atoms with Crippen molar-refractivity contribution in [2.75, 3.05) is 50.8 Å². The second-order valence-electron chi connectivity index (χ2n) is 7.93. The van der Waals surface area contributed by atoms with E-state index in [1.165, 1.54) is 0 Å². The molecule has 24 heavy (non-hydrogen) atoms. The second-order valence-corrected chi connectivity index (χ2v) is 7.93. The molecule has 0 radical (unpaired) electrons. The minimum Gasteiger partial charge on any atom is -0.388 e. The van der Waals surface area contributed by atoms with E-state index in [-0.39, 0.29) is 5.41 Å². The van der Waals surface area contributed by atoms with Crippen LogP contribution in [-0.2, 0) is 4.74 Å². The molecular weight excluding hydrogens is 304 g/mol. The maximum Gasteiger partial charge on any atom is 0.225 e. The van der Waals surface area contributed by atoms with Gasteiger partial charge in [-0.1, -0.05) is 13.8 Å². The third kappa shape index (κ3) is 3.55. The van der Waals surface area contributed by atoms with Crippen molar-refractivity contribution in [3.63, 3.8) is 0 Å². The molecule has 1 unspecified atom stereocenters. The van der Waals surface area contributed by atoms with E-state index >= 15 is 0 Å². The smallest absolute Gasteiger partial charge is 0.225 e. The minimum absolute atomic E-state index is 0.232. The summed E-state index contributed by atoms with van der Waals surface area (Å²) in [6.07, 6.45) is 0.730. The Morgan fingerprint density at radius 1 is 1.12 bits per heavy atom. The fourth-order valence-electron chi connectivity index (χ4n) is 3.80. The Hall–Kier alpha value is -1.24. The molecule has 0 spiro atoms. The van der Waals surface area contributed by atoms with Gasteiger partial charge in [0.2, 0.25) is 5.95 Å². The van der Waals surface area contributed by atoms with E-state index in [1.807, 2.05) is 19.9 Å². The highest BCUT2D eigenvalue weighted by molar-refractivity contribution is 5.34. The highest BCUT2D eigenvalue weighted by atomic mass is 16.5. The van der Waals surface area contributed by atoms with Crippen molar-refractivity contribution in [3.8, 4) is 0 Å². The van der Waals surface area contributed by atoms with Gasteiger partial charge < -0.3 is 14.7 Å². The van der Waals surface area contributed by atoms with E-state index in [9.17, 15) is 5.11 Å². The highest BCUT2D eigenvalue weighted by Crippen LogP contribution is 2.40. The van der Waals surface area contributed by atoms with Crippen LogP contribution in [0.25, 0.3) is 0 Å². The van der Waals surface area contributed by atoms with Gasteiger partial charge in [0.15, 0.2) is 0 Å². The molecule has 1 N–H and O–H groups in total. The summed E-state index contributed by atoms with van der Waals surface area (Å²) in [5, 5.41) is 11.4. The van der Waals surface area contributed by atoms with Crippen LogP contribution >= 0.6 is 0 Å². The van der Waals surface area contributed by atoms with E-state index in [0.717, 1.165) is 63.1 Å². The van der Waals surface area contributed by atoms with Crippen LogP contribution in [0.2, 0.25) is 0 Å². The molecule has 0 saturated carbocycles. The van der Waals surface area contributed by atoms with Gasteiger partial charge in [-0.3, -0.25) is 4.90 Å². The fraction of sp³-hybridized carbons (Fsp3) is 0.778. The number of anilines is 1. The number of β-amino-alcohol motifs (C(OH)–C–C–N with tert-alkyl or cyclic N) is 1. The molecule has 2 aliphatic heterocycles. The van der Waals surface area contributed by atoms with Crippen LogP contribution in [0.1, 0.15) is 31.7 Å². The number of aryl methyl sites for hydroxylation is 2. The SMILES string of the molecule is Cc1cc(C)nc(N2CCC(O)(CN3CCOCC3)C(C)(C)C2)n1. The van der Waals surface area contributed by atoms with E-state index < -0.39 is 5.60 Å². The molecule has 3 rings (SSSR count). The molecule has 134 valence electrons. The molecule has 2 saturated heterocycles. The van der Waals surface area contributed by atoms with Gasteiger partial charge in [0, 0.05) is 49.5 Å². The van der Waals surface area contributed by atoms with Gasteiger partial charge >= 0.3 is 0 Å². The second kappa shape index (κ2) is 6.58. The summed E-state index contributed by atoms with van der Waals surface area (Å²) in [5.41, 5.74) is 1.05. The lowest BCUT2D eigenvalue weighted by Crippen LogP contribution is -2.62. The van der Waals surface area contributed by atoms with Crippen molar-refractivity contribution in [1.82, 2.24) is 14.9 Å². The summed E-state index contributed by atoms with van der Waals surface area (Å²) in [6.45, 7) is 13.9. The van der Waals surface area contributed by atoms with Gasteiger partial charge in [-0.2, -0.15) is 0 Å². The number of hydrogen-bond donors (Lipinski definition) is 1. The predicted molar refractivity (Wildman–Crippen MR) is 94.3 cm³/mol. The monoisotopic (exact) mass is 334 g/mol. The van der Waals surface area contributed by atoms with Crippen LogP contribution in [0.5, 0.6) is 0 Å². The molecule has 0 bridgehead atoms. The first-order valence-electron chi connectivity index (χ1n) is 8.89. The molecule has 0 aliphatic carbocycles. The average Bonchev–Trinajstić information content (AvgIpc) is 2.50. The van der Waals surface area contributed by atoms with Crippen molar-refractivity contribution in [2.45, 2.75) is 39.7 Å². The Balaban J connectivity index is 1.73. The van der Waals surface area contributed by atoms with Crippen molar-refractivity contribution in [1.29, 1.82) is 0 Å². The summed E-state index contributed by atoms with van der Waals surface area (Å²) < 4.78 is 5.42. The molecule has 1 atom stereocenters. The number of ether oxygens (including phenoxy) is 1. The number of nitrogens with zero attached hydrogens (tertiary/aromatic N) is 4. The first-order valence-corrected chi connectivity index (χ1v) is 8.89. The Bertz CT molecular complexity index is 566. The number of aliphatic hydroxyl groups is 1. The molecule has 0 aromatic carbocycles. The largest absolute Gasteiger partial charge is 0.388 e. The molecule has 1 aromatic rings. The molecular formula is C18H30N4O2. The summed E-state index contributed by atoms with van der Waals surface area (Å²) in [6, 6.07) is 1.99. The topological polar surface area (TPSA) is 61.7 Å². The number of piperidine rings is 1. The van der Waals surface area contributed by atoms with Gasteiger partial charge in [0.05, 0.1) is 18.8 Å². The van der Waals surface area contributed by atoms with Crippen LogP contribution in [0, 0.1) is 19.3 Å². The normalized spacial score (nSPS) is 28.1.